The molecule has 0 radical (unpaired) electrons. The van der Waals surface area contributed by atoms with E-state index in [0.717, 1.165) is 149 Å². The highest BCUT2D eigenvalue weighted by atomic mass is 16.4. The fourth-order valence-electron chi connectivity index (χ4n) is 12.2. The largest absolute Gasteiger partial charge is 0.454 e. The van der Waals surface area contributed by atoms with Gasteiger partial charge in [-0.2, -0.15) is 0 Å². The Balaban J connectivity index is 0.850. The summed E-state index contributed by atoms with van der Waals surface area (Å²) in [5.74, 6) is 0. The molecule has 0 bridgehead atoms. The lowest BCUT2D eigenvalue weighted by Gasteiger charge is -2.27. The number of anilines is 6. The van der Waals surface area contributed by atoms with Crippen LogP contribution in [0.25, 0.3) is 109 Å². The third-order valence-corrected chi connectivity index (χ3v) is 16.0. The van der Waals surface area contributed by atoms with Gasteiger partial charge in [-0.25, -0.2) is 0 Å². The second-order valence-corrected chi connectivity index (χ2v) is 23.0. The van der Waals surface area contributed by atoms with Gasteiger partial charge in [-0.05, 0) is 136 Å². The first-order valence-corrected chi connectivity index (χ1v) is 26.6. The van der Waals surface area contributed by atoms with Crippen LogP contribution in [0.4, 0.5) is 34.1 Å². The second kappa shape index (κ2) is 16.4. The van der Waals surface area contributed by atoms with Crippen molar-refractivity contribution < 1.29 is 17.7 Å². The maximum absolute atomic E-state index is 6.97. The quantitative estimate of drug-likeness (QED) is 0.165. The van der Waals surface area contributed by atoms with Crippen molar-refractivity contribution in [3.05, 3.63) is 217 Å². The lowest BCUT2D eigenvalue weighted by molar-refractivity contribution is 0.572. The molecule has 4 heterocycles. The Bertz CT molecular complexity index is 4920. The van der Waals surface area contributed by atoms with E-state index in [1.165, 1.54) is 11.1 Å². The molecule has 0 amide bonds. The van der Waals surface area contributed by atoms with Crippen LogP contribution in [0.1, 0.15) is 58.2 Å². The molecule has 6 heteroatoms. The molecule has 0 unspecified atom stereocenters. The van der Waals surface area contributed by atoms with Gasteiger partial charge in [0.05, 0.1) is 11.4 Å². The molecular weight excluding hydrogens is 945 g/mol. The van der Waals surface area contributed by atoms with Crippen LogP contribution in [0.2, 0.25) is 0 Å². The van der Waals surface area contributed by atoms with E-state index in [2.05, 4.69) is 258 Å². The number of benzene rings is 11. The number of para-hydroxylation sites is 6. The Morgan fingerprint density at radius 2 is 0.714 bits per heavy atom. The summed E-state index contributed by atoms with van der Waals surface area (Å²) in [6.45, 7) is 15.6. The van der Waals surface area contributed by atoms with Gasteiger partial charge in [-0.15, -0.1) is 0 Å². The van der Waals surface area contributed by atoms with Crippen molar-refractivity contribution in [2.75, 3.05) is 9.80 Å². The van der Waals surface area contributed by atoms with Crippen LogP contribution in [0.5, 0.6) is 0 Å². The molecule has 0 spiro atoms. The predicted octanol–water partition coefficient (Wildman–Crippen LogP) is 21.4. The standard InChI is InChI=1S/C71H54N2O4/c1-41-17-11-12-26-59(41)73(61-28-16-23-52-50-21-14-25-58(71(5,6)7)65(50)77-67(52)61)48-32-30-43-38-56-54-34-33-53-55-37-42-29-31-47(35-44(42)39-62(55)74-68(53)69(54)75-63(56)40-45(43)36-48)72(46-18-9-8-10-19-46)60-27-15-22-51-49-20-13-24-57(70(2,3)4)64(49)76-66(51)60/h8-40H,1-7H3. The monoisotopic (exact) mass is 998 g/mol. The summed E-state index contributed by atoms with van der Waals surface area (Å²) >= 11 is 0. The van der Waals surface area contributed by atoms with Crippen LogP contribution in [0.15, 0.2) is 218 Å². The van der Waals surface area contributed by atoms with Crippen LogP contribution in [0.3, 0.4) is 0 Å². The Hall–Kier alpha value is -9.26. The van der Waals surface area contributed by atoms with Crippen molar-refractivity contribution in [2.45, 2.75) is 59.3 Å². The molecule has 0 N–H and O–H groups in total. The van der Waals surface area contributed by atoms with Crippen molar-refractivity contribution in [3.63, 3.8) is 0 Å². The molecule has 4 aromatic heterocycles. The number of fused-ring (bicyclic) bond motifs is 15. The van der Waals surface area contributed by atoms with Gasteiger partial charge in [0.1, 0.15) is 22.3 Å². The van der Waals surface area contributed by atoms with E-state index >= 15 is 0 Å². The molecule has 0 aliphatic heterocycles. The molecule has 15 aromatic rings. The molecule has 0 saturated carbocycles. The molecule has 0 aliphatic carbocycles. The number of hydrogen-bond acceptors (Lipinski definition) is 6. The summed E-state index contributed by atoms with van der Waals surface area (Å²) in [6, 6.07) is 71.7. The van der Waals surface area contributed by atoms with E-state index < -0.39 is 0 Å². The fourth-order valence-corrected chi connectivity index (χ4v) is 12.2. The summed E-state index contributed by atoms with van der Waals surface area (Å²) < 4.78 is 27.7. The molecule has 0 atom stereocenters. The lowest BCUT2D eigenvalue weighted by atomic mass is 9.86. The highest BCUT2D eigenvalue weighted by Crippen LogP contribution is 2.49. The number of furan rings is 4. The van der Waals surface area contributed by atoms with Gasteiger partial charge < -0.3 is 27.5 Å². The zero-order valence-corrected chi connectivity index (χ0v) is 44.1. The van der Waals surface area contributed by atoms with Crippen molar-refractivity contribution in [1.82, 2.24) is 0 Å². The van der Waals surface area contributed by atoms with Crippen molar-refractivity contribution in [3.8, 4) is 0 Å². The van der Waals surface area contributed by atoms with E-state index in [0.29, 0.717) is 0 Å². The number of nitrogens with zero attached hydrogens (tertiary/aromatic N) is 2. The Kier molecular flexibility index (Phi) is 9.60. The van der Waals surface area contributed by atoms with Crippen molar-refractivity contribution in [2.24, 2.45) is 0 Å². The first kappa shape index (κ1) is 45.2. The van der Waals surface area contributed by atoms with Gasteiger partial charge in [-0.1, -0.05) is 151 Å². The summed E-state index contributed by atoms with van der Waals surface area (Å²) in [4.78, 5) is 4.64. The Labute approximate surface area is 444 Å². The van der Waals surface area contributed by atoms with Gasteiger partial charge in [-0.3, -0.25) is 0 Å². The Morgan fingerprint density at radius 3 is 1.22 bits per heavy atom. The van der Waals surface area contributed by atoms with E-state index in [-0.39, 0.29) is 10.8 Å². The number of rotatable bonds is 6. The van der Waals surface area contributed by atoms with Gasteiger partial charge in [0.25, 0.3) is 0 Å². The highest BCUT2D eigenvalue weighted by molar-refractivity contribution is 6.22. The van der Waals surface area contributed by atoms with Crippen LogP contribution in [-0.4, -0.2) is 0 Å². The molecule has 6 nitrogen and oxygen atoms in total. The summed E-state index contributed by atoms with van der Waals surface area (Å²) in [5, 5.41) is 12.9. The first-order chi connectivity index (χ1) is 37.3. The van der Waals surface area contributed by atoms with Crippen LogP contribution < -0.4 is 9.80 Å². The zero-order chi connectivity index (χ0) is 52.1. The van der Waals surface area contributed by atoms with E-state index in [1.807, 2.05) is 0 Å². The number of aryl methyl sites for hydroxylation is 1. The van der Waals surface area contributed by atoms with Crippen molar-refractivity contribution >= 4 is 143 Å². The second-order valence-electron chi connectivity index (χ2n) is 23.0. The van der Waals surface area contributed by atoms with E-state index in [4.69, 9.17) is 17.7 Å². The molecule has 0 fully saturated rings. The fraction of sp³-hybridized carbons (Fsp3) is 0.127. The molecular formula is C71H54N2O4. The zero-order valence-electron chi connectivity index (χ0n) is 44.1. The highest BCUT2D eigenvalue weighted by Gasteiger charge is 2.27. The molecule has 0 saturated heterocycles. The van der Waals surface area contributed by atoms with Crippen LogP contribution in [0, 0.1) is 6.92 Å². The van der Waals surface area contributed by atoms with Crippen LogP contribution >= 0.6 is 0 Å². The molecule has 372 valence electrons. The summed E-state index contributed by atoms with van der Waals surface area (Å²) in [5.41, 5.74) is 16.2. The SMILES string of the molecule is Cc1ccccc1N(c1ccc2cc3c(cc2c1)oc1c3ccc2c3cc4ccc(N(c5ccccc5)c5cccc6c5oc5c(C(C)(C)C)cccc56)cc4cc3oc21)c1cccc2c1oc1c(C(C)(C)C)cccc12. The van der Waals surface area contributed by atoms with E-state index in [1.54, 1.807) is 0 Å². The summed E-state index contributed by atoms with van der Waals surface area (Å²) in [6.07, 6.45) is 0. The van der Waals surface area contributed by atoms with Crippen LogP contribution in [-0.2, 0) is 10.8 Å². The smallest absolute Gasteiger partial charge is 0.178 e. The molecule has 77 heavy (non-hydrogen) atoms. The van der Waals surface area contributed by atoms with E-state index in [9.17, 15) is 0 Å². The Morgan fingerprint density at radius 1 is 0.286 bits per heavy atom. The minimum absolute atomic E-state index is 0.0828. The van der Waals surface area contributed by atoms with Gasteiger partial charge in [0.15, 0.2) is 22.3 Å². The topological polar surface area (TPSA) is 59.0 Å². The molecule has 11 aromatic carbocycles. The van der Waals surface area contributed by atoms with Gasteiger partial charge in [0.2, 0.25) is 0 Å². The molecule has 15 rings (SSSR count). The molecule has 0 aliphatic rings. The lowest BCUT2D eigenvalue weighted by Crippen LogP contribution is -2.11. The minimum Gasteiger partial charge on any atom is -0.454 e. The van der Waals surface area contributed by atoms with Crippen molar-refractivity contribution in [1.29, 1.82) is 0 Å². The van der Waals surface area contributed by atoms with Gasteiger partial charge in [0, 0.05) is 77.0 Å². The predicted molar refractivity (Wildman–Crippen MR) is 322 cm³/mol. The maximum atomic E-state index is 6.97. The third-order valence-electron chi connectivity index (χ3n) is 16.0. The minimum atomic E-state index is -0.0856. The maximum Gasteiger partial charge on any atom is 0.178 e. The average Bonchev–Trinajstić information content (AvgIpc) is 4.32. The normalized spacial score (nSPS) is 12.6. The first-order valence-electron chi connectivity index (χ1n) is 26.6. The van der Waals surface area contributed by atoms with Gasteiger partial charge >= 0.3 is 0 Å². The summed E-state index contributed by atoms with van der Waals surface area (Å²) in [7, 11) is 0. The average molecular weight is 999 g/mol. The third kappa shape index (κ3) is 6.94. The number of hydrogen-bond donors (Lipinski definition) is 0.